The number of esters is 1. The van der Waals surface area contributed by atoms with Gasteiger partial charge < -0.3 is 19.1 Å². The molecule has 0 aromatic heterocycles. The highest BCUT2D eigenvalue weighted by Gasteiger charge is 2.25. The Morgan fingerprint density at radius 2 is 1.61 bits per heavy atom. The Kier molecular flexibility index (Phi) is 9.09. The zero-order valence-electron chi connectivity index (χ0n) is 21.6. The lowest BCUT2D eigenvalue weighted by molar-refractivity contribution is 0.00331. The molecule has 0 bridgehead atoms. The fourth-order valence-electron chi connectivity index (χ4n) is 4.39. The largest absolute Gasteiger partial charge is 0.497 e. The molecule has 0 saturated carbocycles. The van der Waals surface area contributed by atoms with Crippen molar-refractivity contribution in [1.82, 2.24) is 9.80 Å². The van der Waals surface area contributed by atoms with E-state index in [0.29, 0.717) is 42.9 Å². The van der Waals surface area contributed by atoms with E-state index >= 15 is 0 Å². The number of rotatable bonds is 9. The molecule has 1 saturated heterocycles. The van der Waals surface area contributed by atoms with E-state index in [1.807, 2.05) is 41.3 Å². The lowest BCUT2D eigenvalue weighted by Gasteiger charge is -2.36. The SMILES string of the molecule is COC(=O)c1ccc(CO[C@H](CN2CCN(C(=O)c3ccc(C#N)cc3)CC2)c2cccc(OC)c2)cc1. The van der Waals surface area contributed by atoms with Gasteiger partial charge >= 0.3 is 5.97 Å². The summed E-state index contributed by atoms with van der Waals surface area (Å²) in [4.78, 5) is 28.8. The molecule has 1 heterocycles. The Morgan fingerprint density at radius 1 is 0.921 bits per heavy atom. The van der Waals surface area contributed by atoms with Gasteiger partial charge in [0.1, 0.15) is 5.75 Å². The number of nitrogens with zero attached hydrogens (tertiary/aromatic N) is 3. The van der Waals surface area contributed by atoms with Crippen LogP contribution in [-0.4, -0.2) is 68.6 Å². The van der Waals surface area contributed by atoms with Crippen LogP contribution in [0.4, 0.5) is 0 Å². The third-order valence-corrected chi connectivity index (χ3v) is 6.64. The average Bonchev–Trinajstić information content (AvgIpc) is 2.99. The van der Waals surface area contributed by atoms with E-state index in [9.17, 15) is 9.59 Å². The summed E-state index contributed by atoms with van der Waals surface area (Å²) in [5, 5.41) is 8.99. The van der Waals surface area contributed by atoms with Gasteiger partial charge in [0.15, 0.2) is 0 Å². The molecule has 8 heteroatoms. The van der Waals surface area contributed by atoms with Gasteiger partial charge in [-0.05, 0) is 59.7 Å². The van der Waals surface area contributed by atoms with Crippen molar-refractivity contribution < 1.29 is 23.8 Å². The number of carbonyl (C=O) groups is 2. The predicted molar refractivity (Wildman–Crippen MR) is 142 cm³/mol. The van der Waals surface area contributed by atoms with Gasteiger partial charge in [-0.3, -0.25) is 9.69 Å². The number of ether oxygens (including phenoxy) is 3. The van der Waals surface area contributed by atoms with E-state index in [1.54, 1.807) is 43.5 Å². The first-order valence-corrected chi connectivity index (χ1v) is 12.5. The van der Waals surface area contributed by atoms with Crippen molar-refractivity contribution in [2.24, 2.45) is 0 Å². The van der Waals surface area contributed by atoms with Gasteiger partial charge in [0.25, 0.3) is 5.91 Å². The van der Waals surface area contributed by atoms with Crippen LogP contribution in [0, 0.1) is 11.3 Å². The second-order valence-corrected chi connectivity index (χ2v) is 9.05. The Balaban J connectivity index is 1.40. The molecular weight excluding hydrogens is 482 g/mol. The molecule has 1 atom stereocenters. The highest BCUT2D eigenvalue weighted by atomic mass is 16.5. The molecule has 0 aliphatic carbocycles. The van der Waals surface area contributed by atoms with Crippen molar-refractivity contribution in [3.05, 3.63) is 101 Å². The maximum absolute atomic E-state index is 12.9. The van der Waals surface area contributed by atoms with Gasteiger partial charge in [0.05, 0.1) is 44.1 Å². The smallest absolute Gasteiger partial charge is 0.337 e. The molecule has 1 fully saturated rings. The zero-order valence-corrected chi connectivity index (χ0v) is 21.6. The van der Waals surface area contributed by atoms with E-state index in [0.717, 1.165) is 30.0 Å². The Labute approximate surface area is 222 Å². The lowest BCUT2D eigenvalue weighted by Crippen LogP contribution is -2.49. The van der Waals surface area contributed by atoms with Crippen LogP contribution in [0.2, 0.25) is 0 Å². The first kappa shape index (κ1) is 26.9. The van der Waals surface area contributed by atoms with Crippen LogP contribution in [0.15, 0.2) is 72.8 Å². The van der Waals surface area contributed by atoms with Gasteiger partial charge in [-0.25, -0.2) is 4.79 Å². The van der Waals surface area contributed by atoms with Crippen LogP contribution in [0.5, 0.6) is 5.75 Å². The van der Waals surface area contributed by atoms with Crippen molar-refractivity contribution in [3.63, 3.8) is 0 Å². The monoisotopic (exact) mass is 513 g/mol. The Morgan fingerprint density at radius 3 is 2.24 bits per heavy atom. The topological polar surface area (TPSA) is 92.1 Å². The third-order valence-electron chi connectivity index (χ3n) is 6.64. The standard InChI is InChI=1S/C30H31N3O5/c1-36-27-5-3-4-26(18-27)28(38-21-23-8-12-25(13-9-23)30(35)37-2)20-32-14-16-33(17-15-32)29(34)24-10-6-22(19-31)7-11-24/h3-13,18,28H,14-17,20-21H2,1-2H3/t28-/m1/s1. The molecule has 0 N–H and O–H groups in total. The Hall–Kier alpha value is -4.19. The molecule has 3 aromatic carbocycles. The first-order chi connectivity index (χ1) is 18.5. The quantitative estimate of drug-likeness (QED) is 0.398. The number of piperazine rings is 1. The number of carbonyl (C=O) groups excluding carboxylic acids is 2. The molecule has 0 radical (unpaired) electrons. The minimum Gasteiger partial charge on any atom is -0.497 e. The van der Waals surface area contributed by atoms with Crippen LogP contribution >= 0.6 is 0 Å². The predicted octanol–water partition coefficient (Wildman–Crippen LogP) is 4.07. The molecule has 0 unspecified atom stereocenters. The minimum atomic E-state index is -0.372. The number of benzene rings is 3. The summed E-state index contributed by atoms with van der Waals surface area (Å²) in [5.41, 5.74) is 3.58. The Bertz CT molecular complexity index is 1280. The number of nitriles is 1. The molecule has 38 heavy (non-hydrogen) atoms. The summed E-state index contributed by atoms with van der Waals surface area (Å²) >= 11 is 0. The summed E-state index contributed by atoms with van der Waals surface area (Å²) in [6.45, 7) is 3.70. The second-order valence-electron chi connectivity index (χ2n) is 9.05. The van der Waals surface area contributed by atoms with E-state index in [-0.39, 0.29) is 18.0 Å². The van der Waals surface area contributed by atoms with Crippen LogP contribution in [0.1, 0.15) is 43.5 Å². The molecule has 3 aromatic rings. The van der Waals surface area contributed by atoms with Crippen molar-refractivity contribution in [1.29, 1.82) is 5.26 Å². The van der Waals surface area contributed by atoms with Gasteiger partial charge in [0.2, 0.25) is 0 Å². The summed E-state index contributed by atoms with van der Waals surface area (Å²) in [6.07, 6.45) is -0.217. The number of methoxy groups -OCH3 is 2. The molecule has 1 amide bonds. The molecule has 1 aliphatic rings. The molecular formula is C30H31N3O5. The number of hydrogen-bond donors (Lipinski definition) is 0. The fourth-order valence-corrected chi connectivity index (χ4v) is 4.39. The lowest BCUT2D eigenvalue weighted by atomic mass is 10.1. The van der Waals surface area contributed by atoms with Crippen molar-refractivity contribution in [3.8, 4) is 11.8 Å². The van der Waals surface area contributed by atoms with Gasteiger partial charge in [-0.15, -0.1) is 0 Å². The van der Waals surface area contributed by atoms with Crippen LogP contribution in [0.3, 0.4) is 0 Å². The summed E-state index contributed by atoms with van der Waals surface area (Å²) in [5.74, 6) is 0.366. The van der Waals surface area contributed by atoms with Crippen molar-refractivity contribution in [2.45, 2.75) is 12.7 Å². The first-order valence-electron chi connectivity index (χ1n) is 12.5. The summed E-state index contributed by atoms with van der Waals surface area (Å²) < 4.78 is 16.6. The summed E-state index contributed by atoms with van der Waals surface area (Å²) in [7, 11) is 3.00. The molecule has 4 rings (SSSR count). The van der Waals surface area contributed by atoms with Crippen LogP contribution in [0.25, 0.3) is 0 Å². The van der Waals surface area contributed by atoms with E-state index in [4.69, 9.17) is 19.5 Å². The summed E-state index contributed by atoms with van der Waals surface area (Å²) in [6, 6.07) is 23.9. The highest BCUT2D eigenvalue weighted by molar-refractivity contribution is 5.94. The molecule has 0 spiro atoms. The maximum Gasteiger partial charge on any atom is 0.337 e. The number of hydrogen-bond acceptors (Lipinski definition) is 7. The normalized spacial score (nSPS) is 14.4. The molecule has 8 nitrogen and oxygen atoms in total. The second kappa shape index (κ2) is 12.9. The highest BCUT2D eigenvalue weighted by Crippen LogP contribution is 2.25. The van der Waals surface area contributed by atoms with Gasteiger partial charge in [0, 0.05) is 38.3 Å². The maximum atomic E-state index is 12.9. The van der Waals surface area contributed by atoms with Crippen LogP contribution in [-0.2, 0) is 16.1 Å². The number of amides is 1. The van der Waals surface area contributed by atoms with E-state index in [2.05, 4.69) is 11.0 Å². The zero-order chi connectivity index (χ0) is 26.9. The van der Waals surface area contributed by atoms with Gasteiger partial charge in [-0.1, -0.05) is 24.3 Å². The van der Waals surface area contributed by atoms with E-state index in [1.165, 1.54) is 7.11 Å². The molecule has 1 aliphatic heterocycles. The van der Waals surface area contributed by atoms with Crippen LogP contribution < -0.4 is 4.74 Å². The molecule has 196 valence electrons. The third kappa shape index (κ3) is 6.76. The van der Waals surface area contributed by atoms with Crippen molar-refractivity contribution >= 4 is 11.9 Å². The minimum absolute atomic E-state index is 0.0230. The van der Waals surface area contributed by atoms with Crippen molar-refractivity contribution in [2.75, 3.05) is 46.9 Å². The fraction of sp³-hybridized carbons (Fsp3) is 0.300. The van der Waals surface area contributed by atoms with Gasteiger partial charge in [-0.2, -0.15) is 5.26 Å². The average molecular weight is 514 g/mol. The van der Waals surface area contributed by atoms with E-state index < -0.39 is 0 Å².